The maximum atomic E-state index is 5.23. The SMILES string of the molecule is COC(OC)c1ccccc1C(C)Br. The van der Waals surface area contributed by atoms with Gasteiger partial charge in [0.25, 0.3) is 0 Å². The molecule has 0 bridgehead atoms. The van der Waals surface area contributed by atoms with Crippen molar-refractivity contribution in [1.29, 1.82) is 0 Å². The second-order valence-electron chi connectivity index (χ2n) is 3.05. The molecule has 78 valence electrons. The highest BCUT2D eigenvalue weighted by atomic mass is 79.9. The molecule has 1 aromatic carbocycles. The highest BCUT2D eigenvalue weighted by molar-refractivity contribution is 9.09. The second kappa shape index (κ2) is 5.49. The van der Waals surface area contributed by atoms with Crippen molar-refractivity contribution in [3.05, 3.63) is 35.4 Å². The predicted octanol–water partition coefficient (Wildman–Crippen LogP) is 3.43. The minimum atomic E-state index is -0.286. The van der Waals surface area contributed by atoms with Crippen LogP contribution >= 0.6 is 15.9 Å². The minimum absolute atomic E-state index is 0.286. The zero-order chi connectivity index (χ0) is 10.6. The minimum Gasteiger partial charge on any atom is -0.352 e. The normalized spacial score (nSPS) is 13.2. The Hall–Kier alpha value is -0.380. The molecule has 0 heterocycles. The van der Waals surface area contributed by atoms with Crippen molar-refractivity contribution in [2.45, 2.75) is 18.0 Å². The van der Waals surface area contributed by atoms with Crippen LogP contribution in [0.3, 0.4) is 0 Å². The molecule has 1 rings (SSSR count). The number of hydrogen-bond donors (Lipinski definition) is 0. The van der Waals surface area contributed by atoms with E-state index in [2.05, 4.69) is 28.9 Å². The summed E-state index contributed by atoms with van der Waals surface area (Å²) in [6.07, 6.45) is -0.286. The Labute approximate surface area is 93.4 Å². The Balaban J connectivity index is 3.05. The molecule has 0 aliphatic rings. The average molecular weight is 259 g/mol. The van der Waals surface area contributed by atoms with Gasteiger partial charge in [-0.15, -0.1) is 0 Å². The molecule has 2 nitrogen and oxygen atoms in total. The van der Waals surface area contributed by atoms with Gasteiger partial charge in [0, 0.05) is 24.6 Å². The highest BCUT2D eigenvalue weighted by Gasteiger charge is 2.15. The molecule has 1 unspecified atom stereocenters. The average Bonchev–Trinajstić information content (AvgIpc) is 2.20. The fourth-order valence-electron chi connectivity index (χ4n) is 1.44. The van der Waals surface area contributed by atoms with Crippen LogP contribution in [0.4, 0.5) is 0 Å². The Bertz CT molecular complexity index is 282. The Morgan fingerprint density at radius 3 is 2.00 bits per heavy atom. The molecule has 0 fully saturated rings. The van der Waals surface area contributed by atoms with Gasteiger partial charge in [-0.05, 0) is 12.5 Å². The summed E-state index contributed by atoms with van der Waals surface area (Å²) in [7, 11) is 3.29. The first-order valence-electron chi connectivity index (χ1n) is 4.49. The van der Waals surface area contributed by atoms with Gasteiger partial charge in [0.2, 0.25) is 0 Å². The number of ether oxygens (including phenoxy) is 2. The standard InChI is InChI=1S/C11H15BrO2/c1-8(12)9-6-4-5-7-10(9)11(13-2)14-3/h4-8,11H,1-3H3. The van der Waals surface area contributed by atoms with Crippen molar-refractivity contribution < 1.29 is 9.47 Å². The van der Waals surface area contributed by atoms with Crippen LogP contribution in [0.1, 0.15) is 29.2 Å². The van der Waals surface area contributed by atoms with Crippen molar-refractivity contribution in [2.24, 2.45) is 0 Å². The van der Waals surface area contributed by atoms with Crippen LogP contribution in [-0.4, -0.2) is 14.2 Å². The van der Waals surface area contributed by atoms with E-state index in [0.29, 0.717) is 4.83 Å². The lowest BCUT2D eigenvalue weighted by Crippen LogP contribution is -2.07. The molecule has 0 aliphatic carbocycles. The van der Waals surface area contributed by atoms with Gasteiger partial charge in [-0.25, -0.2) is 0 Å². The van der Waals surface area contributed by atoms with Gasteiger partial charge in [-0.1, -0.05) is 40.2 Å². The number of hydrogen-bond acceptors (Lipinski definition) is 2. The third-order valence-corrected chi connectivity index (χ3v) is 2.60. The molecule has 14 heavy (non-hydrogen) atoms. The lowest BCUT2D eigenvalue weighted by Gasteiger charge is -2.18. The summed E-state index contributed by atoms with van der Waals surface area (Å²) < 4.78 is 10.5. The Morgan fingerprint density at radius 2 is 1.57 bits per heavy atom. The Morgan fingerprint density at radius 1 is 1.07 bits per heavy atom. The molecule has 0 aliphatic heterocycles. The van der Waals surface area contributed by atoms with E-state index in [9.17, 15) is 0 Å². The summed E-state index contributed by atoms with van der Waals surface area (Å²) >= 11 is 3.55. The first-order chi connectivity index (χ1) is 6.70. The highest BCUT2D eigenvalue weighted by Crippen LogP contribution is 2.30. The van der Waals surface area contributed by atoms with E-state index < -0.39 is 0 Å². The maximum absolute atomic E-state index is 5.23. The van der Waals surface area contributed by atoms with Gasteiger partial charge < -0.3 is 9.47 Å². The molecule has 0 N–H and O–H groups in total. The molecule has 0 radical (unpaired) electrons. The van der Waals surface area contributed by atoms with Gasteiger partial charge >= 0.3 is 0 Å². The molecule has 0 saturated carbocycles. The smallest absolute Gasteiger partial charge is 0.183 e. The van der Waals surface area contributed by atoms with Crippen molar-refractivity contribution in [2.75, 3.05) is 14.2 Å². The molecular weight excluding hydrogens is 244 g/mol. The predicted molar refractivity (Wildman–Crippen MR) is 60.5 cm³/mol. The quantitative estimate of drug-likeness (QED) is 0.609. The van der Waals surface area contributed by atoms with Crippen molar-refractivity contribution in [1.82, 2.24) is 0 Å². The molecule has 0 saturated heterocycles. The van der Waals surface area contributed by atoms with Gasteiger partial charge in [-0.3, -0.25) is 0 Å². The number of methoxy groups -OCH3 is 2. The zero-order valence-electron chi connectivity index (χ0n) is 8.66. The summed E-state index contributed by atoms with van der Waals surface area (Å²) in [4.78, 5) is 0.298. The van der Waals surface area contributed by atoms with Crippen LogP contribution in [0.2, 0.25) is 0 Å². The fourth-order valence-corrected chi connectivity index (χ4v) is 1.85. The summed E-state index contributed by atoms with van der Waals surface area (Å²) in [6.45, 7) is 2.08. The van der Waals surface area contributed by atoms with E-state index in [-0.39, 0.29) is 6.29 Å². The third-order valence-electron chi connectivity index (χ3n) is 2.11. The summed E-state index contributed by atoms with van der Waals surface area (Å²) in [5.41, 5.74) is 2.27. The largest absolute Gasteiger partial charge is 0.352 e. The summed E-state index contributed by atoms with van der Waals surface area (Å²) in [6, 6.07) is 8.09. The molecule has 3 heteroatoms. The first-order valence-corrected chi connectivity index (χ1v) is 5.40. The zero-order valence-corrected chi connectivity index (χ0v) is 10.2. The molecule has 0 aromatic heterocycles. The van der Waals surface area contributed by atoms with Crippen LogP contribution in [0.5, 0.6) is 0 Å². The first kappa shape index (κ1) is 11.7. The maximum Gasteiger partial charge on any atom is 0.183 e. The lowest BCUT2D eigenvalue weighted by molar-refractivity contribution is -0.106. The van der Waals surface area contributed by atoms with E-state index >= 15 is 0 Å². The van der Waals surface area contributed by atoms with Gasteiger partial charge in [0.1, 0.15) is 0 Å². The van der Waals surface area contributed by atoms with Crippen molar-refractivity contribution in [3.63, 3.8) is 0 Å². The molecule has 1 atom stereocenters. The van der Waals surface area contributed by atoms with Crippen molar-refractivity contribution in [3.8, 4) is 0 Å². The van der Waals surface area contributed by atoms with Crippen LogP contribution in [-0.2, 0) is 9.47 Å². The summed E-state index contributed by atoms with van der Waals surface area (Å²) in [5.74, 6) is 0. The van der Waals surface area contributed by atoms with Gasteiger partial charge in [0.05, 0.1) is 0 Å². The monoisotopic (exact) mass is 258 g/mol. The molecule has 0 spiro atoms. The van der Waals surface area contributed by atoms with Crippen LogP contribution in [0.15, 0.2) is 24.3 Å². The number of benzene rings is 1. The van der Waals surface area contributed by atoms with E-state index in [4.69, 9.17) is 9.47 Å². The number of rotatable bonds is 4. The summed E-state index contributed by atoms with van der Waals surface area (Å²) in [5, 5.41) is 0. The van der Waals surface area contributed by atoms with Crippen LogP contribution < -0.4 is 0 Å². The molecular formula is C11H15BrO2. The van der Waals surface area contributed by atoms with Crippen LogP contribution in [0.25, 0.3) is 0 Å². The fraction of sp³-hybridized carbons (Fsp3) is 0.455. The topological polar surface area (TPSA) is 18.5 Å². The molecule has 1 aromatic rings. The van der Waals surface area contributed by atoms with Gasteiger partial charge in [0.15, 0.2) is 6.29 Å². The van der Waals surface area contributed by atoms with E-state index in [1.807, 2.05) is 18.2 Å². The van der Waals surface area contributed by atoms with E-state index in [0.717, 1.165) is 5.56 Å². The number of halogens is 1. The number of alkyl halides is 1. The van der Waals surface area contributed by atoms with Crippen LogP contribution in [0, 0.1) is 0 Å². The van der Waals surface area contributed by atoms with E-state index in [1.165, 1.54) is 5.56 Å². The van der Waals surface area contributed by atoms with E-state index in [1.54, 1.807) is 14.2 Å². The van der Waals surface area contributed by atoms with Crippen molar-refractivity contribution >= 4 is 15.9 Å². The third kappa shape index (κ3) is 2.56. The molecule has 0 amide bonds. The van der Waals surface area contributed by atoms with Gasteiger partial charge in [-0.2, -0.15) is 0 Å². The second-order valence-corrected chi connectivity index (χ2v) is 4.42. The lowest BCUT2D eigenvalue weighted by atomic mass is 10.1. The Kier molecular flexibility index (Phi) is 4.58.